The van der Waals surface area contributed by atoms with Crippen molar-refractivity contribution in [2.75, 3.05) is 0 Å². The summed E-state index contributed by atoms with van der Waals surface area (Å²) in [7, 11) is 0. The highest BCUT2D eigenvalue weighted by Gasteiger charge is 2.22. The first-order valence-corrected chi connectivity index (χ1v) is 11.3. The number of halogens is 1. The molecule has 0 nitrogen and oxygen atoms in total. The Balaban J connectivity index is 1.60. The molecule has 0 radical (unpaired) electrons. The molecule has 0 amide bonds. The smallest absolute Gasteiger partial charge is 0.130 e. The van der Waals surface area contributed by atoms with Gasteiger partial charge in [0.15, 0.2) is 0 Å². The summed E-state index contributed by atoms with van der Waals surface area (Å²) in [5.41, 5.74) is 4.37. The van der Waals surface area contributed by atoms with Gasteiger partial charge in [0.25, 0.3) is 0 Å². The SMILES string of the molecule is CCCCc1ccc(C=Cc2ccc([C@H]3CC[C@H](CCC)CC3)cc2F)cc1. The first-order chi connectivity index (χ1) is 13.7. The van der Waals surface area contributed by atoms with Gasteiger partial charge in [-0.15, -0.1) is 0 Å². The van der Waals surface area contributed by atoms with E-state index < -0.39 is 0 Å². The Labute approximate surface area is 170 Å². The number of benzene rings is 2. The van der Waals surface area contributed by atoms with Gasteiger partial charge in [0, 0.05) is 5.56 Å². The van der Waals surface area contributed by atoms with Crippen LogP contribution in [0, 0.1) is 11.7 Å². The fourth-order valence-electron chi connectivity index (χ4n) is 4.49. The summed E-state index contributed by atoms with van der Waals surface area (Å²) in [6.45, 7) is 4.49. The highest BCUT2D eigenvalue weighted by atomic mass is 19.1. The zero-order valence-electron chi connectivity index (χ0n) is 17.6. The standard InChI is InChI=1S/C27H35F/c1-3-5-7-22-8-10-23(11-9-22)14-17-25-18-19-26(20-27(25)28)24-15-12-21(6-4-2)13-16-24/h8-11,14,17-21,24H,3-7,12-13,15-16H2,1-2H3/t21-,24-. The average molecular weight is 379 g/mol. The van der Waals surface area contributed by atoms with Gasteiger partial charge >= 0.3 is 0 Å². The highest BCUT2D eigenvalue weighted by molar-refractivity contribution is 5.70. The predicted octanol–water partition coefficient (Wildman–Crippen LogP) is 8.41. The van der Waals surface area contributed by atoms with E-state index in [1.165, 1.54) is 62.5 Å². The summed E-state index contributed by atoms with van der Waals surface area (Å²) in [5, 5.41) is 0. The van der Waals surface area contributed by atoms with E-state index >= 15 is 0 Å². The van der Waals surface area contributed by atoms with Gasteiger partial charge in [-0.25, -0.2) is 4.39 Å². The molecule has 28 heavy (non-hydrogen) atoms. The first kappa shape index (κ1) is 20.8. The van der Waals surface area contributed by atoms with E-state index in [9.17, 15) is 4.39 Å². The van der Waals surface area contributed by atoms with Crippen molar-refractivity contribution in [2.45, 2.75) is 77.6 Å². The van der Waals surface area contributed by atoms with E-state index in [-0.39, 0.29) is 5.82 Å². The monoisotopic (exact) mass is 378 g/mol. The molecule has 0 aromatic heterocycles. The largest absolute Gasteiger partial charge is 0.206 e. The van der Waals surface area contributed by atoms with Crippen molar-refractivity contribution in [3.05, 3.63) is 70.5 Å². The lowest BCUT2D eigenvalue weighted by Crippen LogP contribution is -2.13. The Morgan fingerprint density at radius 2 is 1.64 bits per heavy atom. The van der Waals surface area contributed by atoms with Crippen LogP contribution >= 0.6 is 0 Å². The molecule has 0 aliphatic heterocycles. The lowest BCUT2D eigenvalue weighted by atomic mass is 9.77. The predicted molar refractivity (Wildman–Crippen MR) is 120 cm³/mol. The summed E-state index contributed by atoms with van der Waals surface area (Å²) < 4.78 is 14.7. The van der Waals surface area contributed by atoms with Crippen LogP contribution in [0.25, 0.3) is 12.2 Å². The third-order valence-corrected chi connectivity index (χ3v) is 6.29. The van der Waals surface area contributed by atoms with Gasteiger partial charge in [0.1, 0.15) is 5.82 Å². The second kappa shape index (κ2) is 10.6. The number of hydrogen-bond donors (Lipinski definition) is 0. The van der Waals surface area contributed by atoms with Crippen molar-refractivity contribution in [1.82, 2.24) is 0 Å². The topological polar surface area (TPSA) is 0 Å². The van der Waals surface area contributed by atoms with Crippen LogP contribution in [0.3, 0.4) is 0 Å². The maximum absolute atomic E-state index is 14.7. The quantitative estimate of drug-likeness (QED) is 0.404. The van der Waals surface area contributed by atoms with Gasteiger partial charge in [-0.2, -0.15) is 0 Å². The minimum atomic E-state index is -0.0935. The van der Waals surface area contributed by atoms with E-state index in [1.807, 2.05) is 18.2 Å². The Bertz CT molecular complexity index is 748. The maximum atomic E-state index is 14.7. The van der Waals surface area contributed by atoms with Crippen LogP contribution in [0.2, 0.25) is 0 Å². The fourth-order valence-corrected chi connectivity index (χ4v) is 4.49. The molecule has 1 aliphatic rings. The second-order valence-corrected chi connectivity index (χ2v) is 8.47. The van der Waals surface area contributed by atoms with Crippen LogP contribution in [0.15, 0.2) is 42.5 Å². The minimum Gasteiger partial charge on any atom is -0.206 e. The van der Waals surface area contributed by atoms with E-state index in [1.54, 1.807) is 6.07 Å². The summed E-state index contributed by atoms with van der Waals surface area (Å²) in [5.74, 6) is 1.34. The first-order valence-electron chi connectivity index (χ1n) is 11.3. The van der Waals surface area contributed by atoms with E-state index in [0.29, 0.717) is 11.5 Å². The third kappa shape index (κ3) is 5.80. The molecule has 0 N–H and O–H groups in total. The number of unbranched alkanes of at least 4 members (excludes halogenated alkanes) is 1. The van der Waals surface area contributed by atoms with Gasteiger partial charge in [0.2, 0.25) is 0 Å². The van der Waals surface area contributed by atoms with Crippen LogP contribution in [0.1, 0.15) is 93.4 Å². The molecule has 0 heterocycles. The summed E-state index contributed by atoms with van der Waals surface area (Å²) in [6, 6.07) is 14.5. The molecule has 0 unspecified atom stereocenters. The molecule has 0 atom stereocenters. The molecular formula is C27H35F. The van der Waals surface area contributed by atoms with Crippen LogP contribution in [0.4, 0.5) is 4.39 Å². The molecule has 150 valence electrons. The second-order valence-electron chi connectivity index (χ2n) is 8.47. The van der Waals surface area contributed by atoms with Crippen molar-refractivity contribution in [2.24, 2.45) is 5.92 Å². The normalized spacial score (nSPS) is 20.0. The molecule has 0 bridgehead atoms. The van der Waals surface area contributed by atoms with E-state index in [2.05, 4.69) is 44.2 Å². The van der Waals surface area contributed by atoms with Crippen LogP contribution in [-0.2, 0) is 6.42 Å². The lowest BCUT2D eigenvalue weighted by molar-refractivity contribution is 0.308. The molecule has 1 aliphatic carbocycles. The molecule has 0 saturated heterocycles. The third-order valence-electron chi connectivity index (χ3n) is 6.29. The van der Waals surface area contributed by atoms with Crippen LogP contribution in [0.5, 0.6) is 0 Å². The Kier molecular flexibility index (Phi) is 7.89. The molecule has 3 rings (SSSR count). The van der Waals surface area contributed by atoms with Crippen molar-refractivity contribution >= 4 is 12.2 Å². The van der Waals surface area contributed by atoms with Crippen molar-refractivity contribution in [1.29, 1.82) is 0 Å². The van der Waals surface area contributed by atoms with Gasteiger partial charge in [-0.05, 0) is 73.1 Å². The van der Waals surface area contributed by atoms with Crippen molar-refractivity contribution in [3.8, 4) is 0 Å². The van der Waals surface area contributed by atoms with Crippen molar-refractivity contribution in [3.63, 3.8) is 0 Å². The number of rotatable bonds is 8. The number of hydrogen-bond acceptors (Lipinski definition) is 0. The molecule has 1 fully saturated rings. The Morgan fingerprint density at radius 1 is 0.893 bits per heavy atom. The molecular weight excluding hydrogens is 343 g/mol. The minimum absolute atomic E-state index is 0.0935. The molecule has 0 spiro atoms. The molecule has 1 saturated carbocycles. The number of aryl methyl sites for hydroxylation is 1. The van der Waals surface area contributed by atoms with Gasteiger partial charge in [-0.3, -0.25) is 0 Å². The summed E-state index contributed by atoms with van der Waals surface area (Å²) >= 11 is 0. The van der Waals surface area contributed by atoms with Gasteiger partial charge in [0.05, 0.1) is 0 Å². The van der Waals surface area contributed by atoms with Crippen molar-refractivity contribution < 1.29 is 4.39 Å². The summed E-state index contributed by atoms with van der Waals surface area (Å²) in [4.78, 5) is 0. The average Bonchev–Trinajstić information content (AvgIpc) is 2.73. The van der Waals surface area contributed by atoms with Crippen LogP contribution < -0.4 is 0 Å². The van der Waals surface area contributed by atoms with Gasteiger partial charge < -0.3 is 0 Å². The maximum Gasteiger partial charge on any atom is 0.130 e. The van der Waals surface area contributed by atoms with Crippen LogP contribution in [-0.4, -0.2) is 0 Å². The molecule has 1 heteroatoms. The van der Waals surface area contributed by atoms with E-state index in [0.717, 1.165) is 17.9 Å². The summed E-state index contributed by atoms with van der Waals surface area (Å²) in [6.07, 6.45) is 15.2. The van der Waals surface area contributed by atoms with Gasteiger partial charge in [-0.1, -0.05) is 81.7 Å². The zero-order valence-corrected chi connectivity index (χ0v) is 17.6. The Hall–Kier alpha value is -1.89. The fraction of sp³-hybridized carbons (Fsp3) is 0.481. The highest BCUT2D eigenvalue weighted by Crippen LogP contribution is 2.37. The lowest BCUT2D eigenvalue weighted by Gasteiger charge is -2.28. The molecule has 2 aromatic carbocycles. The molecule has 2 aromatic rings. The zero-order chi connectivity index (χ0) is 19.8. The Morgan fingerprint density at radius 3 is 2.29 bits per heavy atom. The van der Waals surface area contributed by atoms with E-state index in [4.69, 9.17) is 0 Å².